The van der Waals surface area contributed by atoms with Crippen molar-refractivity contribution in [3.8, 4) is 0 Å². The monoisotopic (exact) mass is 386 g/mol. The minimum absolute atomic E-state index is 0.148. The molecule has 3 saturated carbocycles. The van der Waals surface area contributed by atoms with Crippen molar-refractivity contribution in [1.82, 2.24) is 0 Å². The van der Waals surface area contributed by atoms with Gasteiger partial charge in [-0.1, -0.05) is 60.0 Å². The molecule has 160 valence electrons. The first kappa shape index (κ1) is 21.0. The third-order valence-electron chi connectivity index (χ3n) is 10.3. The zero-order valence-electron chi connectivity index (χ0n) is 19.3. The van der Waals surface area contributed by atoms with Crippen molar-refractivity contribution < 1.29 is 5.11 Å². The van der Waals surface area contributed by atoms with Gasteiger partial charge in [0.15, 0.2) is 0 Å². The van der Waals surface area contributed by atoms with Gasteiger partial charge in [0.1, 0.15) is 0 Å². The molecule has 0 aromatic heterocycles. The van der Waals surface area contributed by atoms with Crippen LogP contribution in [0.5, 0.6) is 0 Å². The Labute approximate surface area is 174 Å². The second kappa shape index (κ2) is 7.75. The summed E-state index contributed by atoms with van der Waals surface area (Å²) in [6.07, 6.45) is 17.2. The zero-order chi connectivity index (χ0) is 20.1. The maximum absolute atomic E-state index is 10.7. The molecule has 0 heterocycles. The fraction of sp³-hybridized carbons (Fsp3) is 0.926. The van der Waals surface area contributed by atoms with Crippen molar-refractivity contribution in [3.05, 3.63) is 11.6 Å². The highest BCUT2D eigenvalue weighted by atomic mass is 16.3. The standard InChI is InChI=1S/C27H46O/c1-18(2)8-6-9-19(3)21-13-14-22-20-11-12-24-25(28)10-7-16-26(24,4)23(20)15-17-27(21,22)5/h12,18-23,25,28H,6-11,13-17H2,1-5H3/t19-,20-,21+,22-,23-,25-,26+,27+/m0/s1. The number of hydrogen-bond donors (Lipinski definition) is 1. The Hall–Kier alpha value is -0.300. The summed E-state index contributed by atoms with van der Waals surface area (Å²) in [5.74, 6) is 5.33. The lowest BCUT2D eigenvalue weighted by atomic mass is 9.47. The van der Waals surface area contributed by atoms with Crippen LogP contribution >= 0.6 is 0 Å². The van der Waals surface area contributed by atoms with Crippen molar-refractivity contribution in [2.45, 2.75) is 111 Å². The Balaban J connectivity index is 1.50. The van der Waals surface area contributed by atoms with Crippen LogP contribution < -0.4 is 0 Å². The van der Waals surface area contributed by atoms with E-state index in [2.05, 4.69) is 40.7 Å². The molecule has 0 saturated heterocycles. The van der Waals surface area contributed by atoms with E-state index in [1.54, 1.807) is 0 Å². The van der Waals surface area contributed by atoms with Gasteiger partial charge in [0, 0.05) is 0 Å². The molecule has 1 heteroatoms. The molecule has 28 heavy (non-hydrogen) atoms. The number of hydrogen-bond acceptors (Lipinski definition) is 1. The molecular weight excluding hydrogens is 340 g/mol. The van der Waals surface area contributed by atoms with Crippen LogP contribution in [0, 0.1) is 46.3 Å². The summed E-state index contributed by atoms with van der Waals surface area (Å²) >= 11 is 0. The molecule has 8 atom stereocenters. The fourth-order valence-electron chi connectivity index (χ4n) is 8.81. The van der Waals surface area contributed by atoms with E-state index >= 15 is 0 Å². The first-order valence-corrected chi connectivity index (χ1v) is 12.7. The molecule has 0 bridgehead atoms. The van der Waals surface area contributed by atoms with Crippen molar-refractivity contribution in [2.24, 2.45) is 46.3 Å². The Kier molecular flexibility index (Phi) is 5.80. The second-order valence-corrected chi connectivity index (χ2v) is 12.1. The van der Waals surface area contributed by atoms with Gasteiger partial charge >= 0.3 is 0 Å². The summed E-state index contributed by atoms with van der Waals surface area (Å²) in [7, 11) is 0. The SMILES string of the molecule is CC(C)CCC[C@H](C)[C@H]1CC[C@H]2[C@@H]3CC=C4[C@@H](O)CCC[C@]4(C)[C@H]3CC[C@]12C. The summed E-state index contributed by atoms with van der Waals surface area (Å²) in [6.45, 7) is 12.5. The molecule has 1 N–H and O–H groups in total. The molecule has 4 aliphatic rings. The van der Waals surface area contributed by atoms with Crippen LogP contribution in [0.15, 0.2) is 11.6 Å². The van der Waals surface area contributed by atoms with Crippen LogP contribution in [0.25, 0.3) is 0 Å². The van der Waals surface area contributed by atoms with E-state index in [-0.39, 0.29) is 6.10 Å². The Bertz CT molecular complexity index is 591. The second-order valence-electron chi connectivity index (χ2n) is 12.1. The van der Waals surface area contributed by atoms with Crippen molar-refractivity contribution in [2.75, 3.05) is 0 Å². The number of allylic oxidation sites excluding steroid dienone is 1. The number of fused-ring (bicyclic) bond motifs is 5. The summed E-state index contributed by atoms with van der Waals surface area (Å²) in [5.41, 5.74) is 2.30. The van der Waals surface area contributed by atoms with Crippen molar-refractivity contribution in [3.63, 3.8) is 0 Å². The average Bonchev–Trinajstić information content (AvgIpc) is 2.98. The van der Waals surface area contributed by atoms with E-state index in [0.29, 0.717) is 10.8 Å². The number of rotatable bonds is 5. The number of aliphatic hydroxyl groups excluding tert-OH is 1. The third-order valence-corrected chi connectivity index (χ3v) is 10.3. The molecule has 0 amide bonds. The first-order valence-electron chi connectivity index (χ1n) is 12.7. The van der Waals surface area contributed by atoms with Crippen molar-refractivity contribution in [1.29, 1.82) is 0 Å². The van der Waals surface area contributed by atoms with E-state index < -0.39 is 0 Å². The van der Waals surface area contributed by atoms with E-state index in [1.165, 1.54) is 69.8 Å². The largest absolute Gasteiger partial charge is 0.389 e. The molecule has 0 aromatic carbocycles. The van der Waals surface area contributed by atoms with E-state index in [9.17, 15) is 5.11 Å². The average molecular weight is 387 g/mol. The van der Waals surface area contributed by atoms with Gasteiger partial charge in [0.05, 0.1) is 6.10 Å². The Morgan fingerprint density at radius 2 is 1.79 bits per heavy atom. The normalized spacial score (nSPS) is 46.5. The van der Waals surface area contributed by atoms with Gasteiger partial charge in [-0.25, -0.2) is 0 Å². The van der Waals surface area contributed by atoms with Gasteiger partial charge in [-0.3, -0.25) is 0 Å². The minimum atomic E-state index is -0.148. The predicted molar refractivity (Wildman–Crippen MR) is 119 cm³/mol. The highest BCUT2D eigenvalue weighted by Crippen LogP contribution is 2.67. The molecule has 0 aromatic rings. The summed E-state index contributed by atoms with van der Waals surface area (Å²) < 4.78 is 0. The zero-order valence-corrected chi connectivity index (χ0v) is 19.3. The summed E-state index contributed by atoms with van der Waals surface area (Å²) in [4.78, 5) is 0. The van der Waals surface area contributed by atoms with E-state index in [0.717, 1.165) is 41.9 Å². The highest BCUT2D eigenvalue weighted by molar-refractivity contribution is 5.27. The van der Waals surface area contributed by atoms with Crippen LogP contribution in [0.1, 0.15) is 105 Å². The molecule has 0 aliphatic heterocycles. The lowest BCUT2D eigenvalue weighted by Crippen LogP contribution is -2.51. The van der Waals surface area contributed by atoms with Gasteiger partial charge in [0.2, 0.25) is 0 Å². The van der Waals surface area contributed by atoms with Gasteiger partial charge in [-0.05, 0) is 103 Å². The molecule has 0 radical (unpaired) electrons. The van der Waals surface area contributed by atoms with Crippen LogP contribution in [-0.2, 0) is 0 Å². The molecule has 3 fully saturated rings. The Morgan fingerprint density at radius 3 is 2.54 bits per heavy atom. The molecule has 4 rings (SSSR count). The predicted octanol–water partition coefficient (Wildman–Crippen LogP) is 7.39. The summed E-state index contributed by atoms with van der Waals surface area (Å²) in [5, 5.41) is 10.7. The third kappa shape index (κ3) is 3.32. The fourth-order valence-corrected chi connectivity index (χ4v) is 8.81. The van der Waals surface area contributed by atoms with Crippen LogP contribution in [0.4, 0.5) is 0 Å². The van der Waals surface area contributed by atoms with Gasteiger partial charge in [0.25, 0.3) is 0 Å². The minimum Gasteiger partial charge on any atom is -0.389 e. The Morgan fingerprint density at radius 1 is 1.00 bits per heavy atom. The lowest BCUT2D eigenvalue weighted by molar-refractivity contribution is -0.0590. The van der Waals surface area contributed by atoms with Gasteiger partial charge in [-0.15, -0.1) is 0 Å². The quantitative estimate of drug-likeness (QED) is 0.488. The van der Waals surface area contributed by atoms with Crippen LogP contribution in [-0.4, -0.2) is 11.2 Å². The first-order chi connectivity index (χ1) is 13.3. The smallest absolute Gasteiger partial charge is 0.0755 e. The molecule has 0 spiro atoms. The van der Waals surface area contributed by atoms with Crippen molar-refractivity contribution >= 4 is 0 Å². The summed E-state index contributed by atoms with van der Waals surface area (Å²) in [6, 6.07) is 0. The van der Waals surface area contributed by atoms with Gasteiger partial charge in [-0.2, -0.15) is 0 Å². The topological polar surface area (TPSA) is 20.2 Å². The highest BCUT2D eigenvalue weighted by Gasteiger charge is 2.59. The molecule has 1 nitrogen and oxygen atoms in total. The molecular formula is C27H46O. The lowest BCUT2D eigenvalue weighted by Gasteiger charge is -2.58. The van der Waals surface area contributed by atoms with E-state index in [4.69, 9.17) is 0 Å². The maximum atomic E-state index is 10.7. The van der Waals surface area contributed by atoms with E-state index in [1.807, 2.05) is 0 Å². The maximum Gasteiger partial charge on any atom is 0.0755 e. The van der Waals surface area contributed by atoms with Crippen LogP contribution in [0.3, 0.4) is 0 Å². The molecule has 4 aliphatic carbocycles. The molecule has 0 unspecified atom stereocenters. The van der Waals surface area contributed by atoms with Gasteiger partial charge < -0.3 is 5.11 Å². The number of aliphatic hydroxyl groups is 1. The van der Waals surface area contributed by atoms with Crippen LogP contribution in [0.2, 0.25) is 0 Å².